The molecule has 0 unspecified atom stereocenters. The van der Waals surface area contributed by atoms with Crippen LogP contribution in [0.4, 0.5) is 0 Å². The van der Waals surface area contributed by atoms with Gasteiger partial charge >= 0.3 is 0 Å². The minimum atomic E-state index is -3.59. The smallest absolute Gasteiger partial charge is 0.200 e. The molecule has 0 bridgehead atoms. The van der Waals surface area contributed by atoms with Gasteiger partial charge in [-0.25, -0.2) is 4.83 Å². The molecule has 7 heteroatoms. The van der Waals surface area contributed by atoms with Crippen LogP contribution in [-0.2, 0) is 10.0 Å². The number of rotatable bonds is 4. The Hall–Kier alpha value is -1.18. The summed E-state index contributed by atoms with van der Waals surface area (Å²) in [4.78, 5) is 3.22. The van der Waals surface area contributed by atoms with Gasteiger partial charge in [0, 0.05) is 9.35 Å². The fourth-order valence-corrected chi connectivity index (χ4v) is 2.83. The first-order valence-corrected chi connectivity index (χ1v) is 8.07. The molecule has 4 nitrogen and oxygen atoms in total. The molecule has 0 saturated heterocycles. The Balaban J connectivity index is 2.10. The van der Waals surface area contributed by atoms with E-state index in [9.17, 15) is 8.42 Å². The fourth-order valence-electron chi connectivity index (χ4n) is 1.19. The number of halogens is 1. The summed E-state index contributed by atoms with van der Waals surface area (Å²) in [6.45, 7) is 0. The van der Waals surface area contributed by atoms with Crippen LogP contribution in [-0.4, -0.2) is 14.6 Å². The van der Waals surface area contributed by atoms with Gasteiger partial charge in [-0.05, 0) is 35.7 Å². The van der Waals surface area contributed by atoms with Crippen molar-refractivity contribution in [2.75, 3.05) is 0 Å². The molecule has 1 heterocycles. The van der Waals surface area contributed by atoms with Crippen LogP contribution in [0.25, 0.3) is 0 Å². The van der Waals surface area contributed by atoms with E-state index in [4.69, 9.17) is 0 Å². The van der Waals surface area contributed by atoms with E-state index in [0.717, 1.165) is 9.35 Å². The van der Waals surface area contributed by atoms with Gasteiger partial charge in [0.1, 0.15) is 0 Å². The van der Waals surface area contributed by atoms with E-state index in [2.05, 4.69) is 25.9 Å². The monoisotopic (exact) mass is 344 g/mol. The molecule has 1 aromatic carbocycles. The number of thiophene rings is 1. The summed E-state index contributed by atoms with van der Waals surface area (Å²) in [5, 5.41) is 5.61. The second kappa shape index (κ2) is 5.64. The summed E-state index contributed by atoms with van der Waals surface area (Å²) < 4.78 is 24.5. The van der Waals surface area contributed by atoms with Crippen LogP contribution in [0.3, 0.4) is 0 Å². The lowest BCUT2D eigenvalue weighted by molar-refractivity contribution is 0.584. The zero-order valence-electron chi connectivity index (χ0n) is 9.08. The average molecular weight is 345 g/mol. The number of sulfonamides is 1. The van der Waals surface area contributed by atoms with E-state index in [1.54, 1.807) is 12.1 Å². The van der Waals surface area contributed by atoms with Crippen LogP contribution in [0.5, 0.6) is 0 Å². The third kappa shape index (κ3) is 3.41. The van der Waals surface area contributed by atoms with Crippen molar-refractivity contribution in [1.29, 1.82) is 0 Å². The summed E-state index contributed by atoms with van der Waals surface area (Å²) in [5.74, 6) is 0. The van der Waals surface area contributed by atoms with Crippen LogP contribution in [0, 0.1) is 0 Å². The molecule has 0 radical (unpaired) electrons. The molecule has 0 fully saturated rings. The van der Waals surface area contributed by atoms with Crippen LogP contribution < -0.4 is 4.83 Å². The minimum absolute atomic E-state index is 0.175. The van der Waals surface area contributed by atoms with Crippen molar-refractivity contribution >= 4 is 43.5 Å². The van der Waals surface area contributed by atoms with Crippen molar-refractivity contribution in [1.82, 2.24) is 4.83 Å². The average Bonchev–Trinajstić information content (AvgIpc) is 2.82. The van der Waals surface area contributed by atoms with Crippen LogP contribution in [0.2, 0.25) is 0 Å². The van der Waals surface area contributed by atoms with Crippen molar-refractivity contribution in [3.63, 3.8) is 0 Å². The molecular formula is C11H9BrN2O2S2. The predicted octanol–water partition coefficient (Wildman–Crippen LogP) is 2.82. The zero-order chi connectivity index (χ0) is 13.0. The Labute approximate surface area is 118 Å². The van der Waals surface area contributed by atoms with Gasteiger partial charge in [0.15, 0.2) is 0 Å². The highest BCUT2D eigenvalue weighted by molar-refractivity contribution is 9.10. The van der Waals surface area contributed by atoms with E-state index in [1.807, 2.05) is 17.5 Å². The minimum Gasteiger partial charge on any atom is -0.200 e. The summed E-state index contributed by atoms with van der Waals surface area (Å²) in [5.41, 5.74) is 0. The number of hydrazone groups is 1. The lowest BCUT2D eigenvalue weighted by Crippen LogP contribution is -2.18. The quantitative estimate of drug-likeness (QED) is 0.684. The highest BCUT2D eigenvalue weighted by atomic mass is 79.9. The molecule has 0 amide bonds. The van der Waals surface area contributed by atoms with Gasteiger partial charge in [-0.2, -0.15) is 13.5 Å². The summed E-state index contributed by atoms with van der Waals surface area (Å²) in [7, 11) is -3.59. The highest BCUT2D eigenvalue weighted by Crippen LogP contribution is 2.14. The van der Waals surface area contributed by atoms with Gasteiger partial charge in [0.25, 0.3) is 10.0 Å². The van der Waals surface area contributed by atoms with Crippen LogP contribution in [0.1, 0.15) is 4.88 Å². The number of nitrogens with zero attached hydrogens (tertiary/aromatic N) is 1. The van der Waals surface area contributed by atoms with Gasteiger partial charge in [-0.15, -0.1) is 11.3 Å². The first-order chi connectivity index (χ1) is 8.58. The lowest BCUT2D eigenvalue weighted by Gasteiger charge is -2.02. The molecule has 94 valence electrons. The maximum atomic E-state index is 11.8. The molecule has 0 aliphatic heterocycles. The van der Waals surface area contributed by atoms with Crippen molar-refractivity contribution < 1.29 is 8.42 Å². The van der Waals surface area contributed by atoms with E-state index >= 15 is 0 Å². The topological polar surface area (TPSA) is 58.5 Å². The SMILES string of the molecule is O=S(=O)(NN=Cc1cccs1)c1ccc(Br)cc1. The van der Waals surface area contributed by atoms with Crippen molar-refractivity contribution in [3.8, 4) is 0 Å². The number of hydrogen-bond donors (Lipinski definition) is 1. The van der Waals surface area contributed by atoms with Gasteiger partial charge in [-0.1, -0.05) is 22.0 Å². The standard InChI is InChI=1S/C11H9BrN2O2S2/c12-9-3-5-11(6-4-9)18(15,16)14-13-8-10-2-1-7-17-10/h1-8,14H. The zero-order valence-corrected chi connectivity index (χ0v) is 12.3. The number of nitrogens with one attached hydrogen (secondary N) is 1. The molecule has 0 aliphatic carbocycles. The number of benzene rings is 1. The van der Waals surface area contributed by atoms with Gasteiger partial charge in [-0.3, -0.25) is 0 Å². The predicted molar refractivity (Wildman–Crippen MR) is 76.4 cm³/mol. The Morgan fingerprint density at radius 3 is 2.56 bits per heavy atom. The first kappa shape index (κ1) is 13.3. The molecule has 1 N–H and O–H groups in total. The van der Waals surface area contributed by atoms with E-state index < -0.39 is 10.0 Å². The Morgan fingerprint density at radius 1 is 1.22 bits per heavy atom. The molecule has 18 heavy (non-hydrogen) atoms. The summed E-state index contributed by atoms with van der Waals surface area (Å²) in [6, 6.07) is 10.1. The van der Waals surface area contributed by atoms with Crippen molar-refractivity contribution in [2.24, 2.45) is 5.10 Å². The molecule has 2 rings (SSSR count). The normalized spacial score (nSPS) is 11.8. The van der Waals surface area contributed by atoms with Gasteiger partial charge < -0.3 is 0 Å². The largest absolute Gasteiger partial charge is 0.276 e. The third-order valence-corrected chi connectivity index (χ3v) is 4.61. The Kier molecular flexibility index (Phi) is 4.15. The van der Waals surface area contributed by atoms with Crippen molar-refractivity contribution in [3.05, 3.63) is 51.1 Å². The Morgan fingerprint density at radius 2 is 1.94 bits per heavy atom. The second-order valence-electron chi connectivity index (χ2n) is 3.32. The highest BCUT2D eigenvalue weighted by Gasteiger charge is 2.11. The molecule has 0 aliphatic rings. The van der Waals surface area contributed by atoms with Crippen LogP contribution in [0.15, 0.2) is 56.2 Å². The maximum Gasteiger partial charge on any atom is 0.276 e. The van der Waals surface area contributed by atoms with Gasteiger partial charge in [0.2, 0.25) is 0 Å². The van der Waals surface area contributed by atoms with E-state index in [-0.39, 0.29) is 4.90 Å². The molecule has 0 saturated carbocycles. The van der Waals surface area contributed by atoms with Crippen LogP contribution >= 0.6 is 27.3 Å². The molecule has 1 aromatic heterocycles. The molecule has 0 spiro atoms. The first-order valence-electron chi connectivity index (χ1n) is 4.92. The van der Waals surface area contributed by atoms with E-state index in [1.165, 1.54) is 29.7 Å². The lowest BCUT2D eigenvalue weighted by atomic mass is 10.4. The third-order valence-electron chi connectivity index (χ3n) is 2.03. The number of hydrogen-bond acceptors (Lipinski definition) is 4. The van der Waals surface area contributed by atoms with E-state index in [0.29, 0.717) is 0 Å². The maximum absolute atomic E-state index is 11.8. The molecular weight excluding hydrogens is 336 g/mol. The second-order valence-corrected chi connectivity index (χ2v) is 6.88. The molecule has 2 aromatic rings. The summed E-state index contributed by atoms with van der Waals surface area (Å²) in [6.07, 6.45) is 1.47. The Bertz CT molecular complexity index is 634. The summed E-state index contributed by atoms with van der Waals surface area (Å²) >= 11 is 4.73. The fraction of sp³-hybridized carbons (Fsp3) is 0. The van der Waals surface area contributed by atoms with Crippen molar-refractivity contribution in [2.45, 2.75) is 4.90 Å². The van der Waals surface area contributed by atoms with Gasteiger partial charge in [0.05, 0.1) is 11.1 Å². The molecule has 0 atom stereocenters.